The fourth-order valence-corrected chi connectivity index (χ4v) is 2.66. The quantitative estimate of drug-likeness (QED) is 0.405. The number of allylic oxidation sites excluding steroid dienone is 1. The van der Waals surface area contributed by atoms with E-state index in [9.17, 15) is 0 Å². The maximum atomic E-state index is 6.31. The first kappa shape index (κ1) is 14.2. The molecular weight excluding hydrogens is 264 g/mol. The van der Waals surface area contributed by atoms with Gasteiger partial charge in [0.2, 0.25) is 0 Å². The van der Waals surface area contributed by atoms with E-state index >= 15 is 0 Å². The molecule has 0 N–H and O–H groups in total. The molecule has 0 aliphatic carbocycles. The molecule has 1 heterocycles. The summed E-state index contributed by atoms with van der Waals surface area (Å²) in [5.74, 6) is 0.698. The Morgan fingerprint density at radius 2 is 2.31 bits per heavy atom. The van der Waals surface area contributed by atoms with Crippen molar-refractivity contribution in [3.63, 3.8) is 0 Å². The van der Waals surface area contributed by atoms with Crippen molar-refractivity contribution in [1.29, 1.82) is 0 Å². The molecule has 0 radical (unpaired) electrons. The molecule has 0 spiro atoms. The number of unbranched alkanes of at least 4 members (excludes halogenated alkanes) is 1. The maximum absolute atomic E-state index is 6.31. The standard InChI is InChI=1S/C14H25BrO/c1-5-6-7-8-13-11(2)9-10-14(4,16-13)12(3)15/h5,11-13H,1,6-10H2,2-4H3/t11-,12+,13-,14+/m1/s1. The van der Waals surface area contributed by atoms with Crippen LogP contribution in [0.4, 0.5) is 0 Å². The number of alkyl halides is 1. The second-order valence-corrected chi connectivity index (χ2v) is 6.69. The summed E-state index contributed by atoms with van der Waals surface area (Å²) in [6.45, 7) is 10.5. The summed E-state index contributed by atoms with van der Waals surface area (Å²) in [7, 11) is 0. The summed E-state index contributed by atoms with van der Waals surface area (Å²) in [6, 6.07) is 0. The lowest BCUT2D eigenvalue weighted by Gasteiger charge is -2.44. The smallest absolute Gasteiger partial charge is 0.0780 e. The third-order valence-corrected chi connectivity index (χ3v) is 4.86. The van der Waals surface area contributed by atoms with Crippen molar-refractivity contribution in [3.05, 3.63) is 12.7 Å². The summed E-state index contributed by atoms with van der Waals surface area (Å²) in [5.41, 5.74) is 0.0192. The average Bonchev–Trinajstić information content (AvgIpc) is 2.23. The van der Waals surface area contributed by atoms with Crippen molar-refractivity contribution in [2.24, 2.45) is 5.92 Å². The van der Waals surface area contributed by atoms with E-state index in [0.717, 1.165) is 6.42 Å². The van der Waals surface area contributed by atoms with Gasteiger partial charge in [-0.1, -0.05) is 28.9 Å². The second kappa shape index (κ2) is 6.20. The summed E-state index contributed by atoms with van der Waals surface area (Å²) in [4.78, 5) is 0.425. The van der Waals surface area contributed by atoms with E-state index in [1.54, 1.807) is 0 Å². The largest absolute Gasteiger partial charge is 0.371 e. The topological polar surface area (TPSA) is 9.23 Å². The monoisotopic (exact) mass is 288 g/mol. The zero-order valence-electron chi connectivity index (χ0n) is 10.8. The molecular formula is C14H25BrO. The molecule has 0 unspecified atom stereocenters. The number of ether oxygens (including phenoxy) is 1. The lowest BCUT2D eigenvalue weighted by atomic mass is 9.83. The molecule has 0 bridgehead atoms. The average molecular weight is 289 g/mol. The Morgan fingerprint density at radius 1 is 1.62 bits per heavy atom. The zero-order valence-corrected chi connectivity index (χ0v) is 12.4. The minimum Gasteiger partial charge on any atom is -0.371 e. The predicted molar refractivity (Wildman–Crippen MR) is 74.1 cm³/mol. The summed E-state index contributed by atoms with van der Waals surface area (Å²) >= 11 is 3.68. The van der Waals surface area contributed by atoms with Crippen LogP contribution < -0.4 is 0 Å². The molecule has 0 aromatic heterocycles. The van der Waals surface area contributed by atoms with Gasteiger partial charge in [-0.25, -0.2) is 0 Å². The molecule has 1 aliphatic rings. The van der Waals surface area contributed by atoms with E-state index in [-0.39, 0.29) is 5.60 Å². The third kappa shape index (κ3) is 3.59. The van der Waals surface area contributed by atoms with E-state index in [2.05, 4.69) is 43.3 Å². The number of rotatable bonds is 5. The van der Waals surface area contributed by atoms with Gasteiger partial charge in [0, 0.05) is 4.83 Å². The third-order valence-electron chi connectivity index (χ3n) is 3.89. The Labute approximate surface area is 109 Å². The minimum atomic E-state index is 0.0192. The van der Waals surface area contributed by atoms with E-state index in [1.807, 2.05) is 6.08 Å². The van der Waals surface area contributed by atoms with E-state index in [4.69, 9.17) is 4.74 Å². The van der Waals surface area contributed by atoms with E-state index in [1.165, 1.54) is 25.7 Å². The van der Waals surface area contributed by atoms with Gasteiger partial charge in [0.25, 0.3) is 0 Å². The van der Waals surface area contributed by atoms with Crippen molar-refractivity contribution >= 4 is 15.9 Å². The SMILES string of the molecule is C=CCCC[C@H]1O[C@](C)([C@H](C)Br)CC[C@H]1C. The molecule has 16 heavy (non-hydrogen) atoms. The van der Waals surface area contributed by atoms with Gasteiger partial charge in [-0.05, 0) is 51.9 Å². The molecule has 0 aromatic carbocycles. The van der Waals surface area contributed by atoms with Gasteiger partial charge in [0.15, 0.2) is 0 Å². The Hall–Kier alpha value is 0.180. The Morgan fingerprint density at radius 3 is 2.88 bits per heavy atom. The minimum absolute atomic E-state index is 0.0192. The lowest BCUT2D eigenvalue weighted by Crippen LogP contribution is -2.46. The highest BCUT2D eigenvalue weighted by Crippen LogP contribution is 2.38. The van der Waals surface area contributed by atoms with Gasteiger partial charge in [0.05, 0.1) is 11.7 Å². The molecule has 1 saturated heterocycles. The second-order valence-electron chi connectivity index (χ2n) is 5.32. The van der Waals surface area contributed by atoms with Crippen LogP contribution in [0.25, 0.3) is 0 Å². The van der Waals surface area contributed by atoms with Crippen molar-refractivity contribution in [2.75, 3.05) is 0 Å². The molecule has 1 rings (SSSR count). The van der Waals surface area contributed by atoms with E-state index in [0.29, 0.717) is 16.8 Å². The van der Waals surface area contributed by atoms with Crippen LogP contribution in [0, 0.1) is 5.92 Å². The van der Waals surface area contributed by atoms with Crippen molar-refractivity contribution in [3.8, 4) is 0 Å². The van der Waals surface area contributed by atoms with Crippen LogP contribution in [-0.2, 0) is 4.74 Å². The van der Waals surface area contributed by atoms with Crippen LogP contribution in [0.1, 0.15) is 52.9 Å². The van der Waals surface area contributed by atoms with Gasteiger partial charge in [-0.2, -0.15) is 0 Å². The maximum Gasteiger partial charge on any atom is 0.0780 e. The molecule has 1 fully saturated rings. The highest BCUT2D eigenvalue weighted by atomic mass is 79.9. The first-order chi connectivity index (χ1) is 7.49. The Kier molecular flexibility index (Phi) is 5.52. The molecule has 1 nitrogen and oxygen atoms in total. The van der Waals surface area contributed by atoms with Crippen LogP contribution in [0.5, 0.6) is 0 Å². The molecule has 1 aliphatic heterocycles. The normalized spacial score (nSPS) is 37.0. The molecule has 4 atom stereocenters. The Bertz CT molecular complexity index is 227. The highest BCUT2D eigenvalue weighted by Gasteiger charge is 2.39. The fourth-order valence-electron chi connectivity index (χ4n) is 2.32. The summed E-state index contributed by atoms with van der Waals surface area (Å²) in [6.07, 6.45) is 8.35. The molecule has 0 aromatic rings. The highest BCUT2D eigenvalue weighted by molar-refractivity contribution is 9.09. The first-order valence-electron chi connectivity index (χ1n) is 6.42. The van der Waals surface area contributed by atoms with Crippen molar-refractivity contribution in [1.82, 2.24) is 0 Å². The fraction of sp³-hybridized carbons (Fsp3) is 0.857. The van der Waals surface area contributed by atoms with Crippen LogP contribution in [0.15, 0.2) is 12.7 Å². The molecule has 0 amide bonds. The van der Waals surface area contributed by atoms with E-state index < -0.39 is 0 Å². The van der Waals surface area contributed by atoms with Crippen LogP contribution >= 0.6 is 15.9 Å². The van der Waals surface area contributed by atoms with Gasteiger partial charge < -0.3 is 4.74 Å². The Balaban J connectivity index is 2.51. The summed E-state index contributed by atoms with van der Waals surface area (Å²) < 4.78 is 6.31. The van der Waals surface area contributed by atoms with Crippen LogP contribution in [0.3, 0.4) is 0 Å². The first-order valence-corrected chi connectivity index (χ1v) is 7.34. The predicted octanol–water partition coefficient (Wildman–Crippen LogP) is 4.70. The molecule has 0 saturated carbocycles. The molecule has 94 valence electrons. The summed E-state index contributed by atoms with van der Waals surface area (Å²) in [5, 5.41) is 0. The number of hydrogen-bond donors (Lipinski definition) is 0. The van der Waals surface area contributed by atoms with Gasteiger partial charge in [-0.3, -0.25) is 0 Å². The van der Waals surface area contributed by atoms with Crippen molar-refractivity contribution < 1.29 is 4.74 Å². The van der Waals surface area contributed by atoms with Crippen LogP contribution in [0.2, 0.25) is 0 Å². The van der Waals surface area contributed by atoms with Gasteiger partial charge >= 0.3 is 0 Å². The zero-order chi connectivity index (χ0) is 12.2. The lowest BCUT2D eigenvalue weighted by molar-refractivity contribution is -0.140. The number of hydrogen-bond acceptors (Lipinski definition) is 1. The van der Waals surface area contributed by atoms with Crippen LogP contribution in [-0.4, -0.2) is 16.5 Å². The van der Waals surface area contributed by atoms with Crippen molar-refractivity contribution in [2.45, 2.75) is 69.4 Å². The van der Waals surface area contributed by atoms with Gasteiger partial charge in [-0.15, -0.1) is 6.58 Å². The van der Waals surface area contributed by atoms with Gasteiger partial charge in [0.1, 0.15) is 0 Å². The number of halogens is 1. The molecule has 2 heteroatoms.